The summed E-state index contributed by atoms with van der Waals surface area (Å²) in [5.74, 6) is -3.17. The highest BCUT2D eigenvalue weighted by Crippen LogP contribution is 2.21. The average Bonchev–Trinajstić information content (AvgIpc) is 2.77. The highest BCUT2D eigenvalue weighted by Gasteiger charge is 2.30. The van der Waals surface area contributed by atoms with Crippen molar-refractivity contribution in [2.75, 3.05) is 30.2 Å². The molecule has 2 rings (SSSR count). The Bertz CT molecular complexity index is 1090. The molecule has 0 saturated carbocycles. The largest absolute Gasteiger partial charge is 0.354 e. The predicted molar refractivity (Wildman–Crippen MR) is 128 cm³/mol. The SMILES string of the molecule is CC(C)CNC(=O)[C@@H](C)N(CCc1ccccc1)C(=O)CN(c1ccc(F)c(F)c1)S(C)(=O)=O. The molecule has 0 fully saturated rings. The maximum Gasteiger partial charge on any atom is 0.244 e. The fraction of sp³-hybridized carbons (Fsp3) is 0.417. The van der Waals surface area contributed by atoms with Gasteiger partial charge in [-0.2, -0.15) is 0 Å². The number of hydrogen-bond donors (Lipinski definition) is 1. The van der Waals surface area contributed by atoms with E-state index in [1.54, 1.807) is 6.92 Å². The average molecular weight is 496 g/mol. The Kier molecular flexibility index (Phi) is 9.55. The molecule has 0 aliphatic rings. The molecule has 10 heteroatoms. The van der Waals surface area contributed by atoms with Crippen LogP contribution in [-0.4, -0.2) is 57.1 Å². The van der Waals surface area contributed by atoms with Crippen LogP contribution < -0.4 is 9.62 Å². The molecule has 0 heterocycles. The summed E-state index contributed by atoms with van der Waals surface area (Å²) in [6.07, 6.45) is 1.31. The second kappa shape index (κ2) is 11.9. The maximum absolute atomic E-state index is 13.8. The number of anilines is 1. The van der Waals surface area contributed by atoms with Crippen LogP contribution in [0.1, 0.15) is 26.3 Å². The van der Waals surface area contributed by atoms with Crippen LogP contribution in [0.5, 0.6) is 0 Å². The number of rotatable bonds is 11. The fourth-order valence-electron chi connectivity index (χ4n) is 3.28. The number of hydrogen-bond acceptors (Lipinski definition) is 4. The van der Waals surface area contributed by atoms with Crippen LogP contribution >= 0.6 is 0 Å². The van der Waals surface area contributed by atoms with Crippen molar-refractivity contribution in [3.63, 3.8) is 0 Å². The summed E-state index contributed by atoms with van der Waals surface area (Å²) in [4.78, 5) is 27.3. The van der Waals surface area contributed by atoms with E-state index < -0.39 is 40.2 Å². The van der Waals surface area contributed by atoms with Crippen LogP contribution in [0.4, 0.5) is 14.5 Å². The normalized spacial score (nSPS) is 12.3. The number of sulfonamides is 1. The lowest BCUT2D eigenvalue weighted by Crippen LogP contribution is -2.52. The quantitative estimate of drug-likeness (QED) is 0.519. The summed E-state index contributed by atoms with van der Waals surface area (Å²) >= 11 is 0. The van der Waals surface area contributed by atoms with Crippen LogP contribution in [0.15, 0.2) is 48.5 Å². The van der Waals surface area contributed by atoms with Crippen molar-refractivity contribution in [1.82, 2.24) is 10.2 Å². The van der Waals surface area contributed by atoms with Gasteiger partial charge in [-0.15, -0.1) is 0 Å². The Labute approximate surface area is 199 Å². The highest BCUT2D eigenvalue weighted by molar-refractivity contribution is 7.92. The van der Waals surface area contributed by atoms with Crippen molar-refractivity contribution in [2.24, 2.45) is 5.92 Å². The van der Waals surface area contributed by atoms with E-state index in [9.17, 15) is 26.8 Å². The minimum Gasteiger partial charge on any atom is -0.354 e. The van der Waals surface area contributed by atoms with Crippen molar-refractivity contribution in [2.45, 2.75) is 33.2 Å². The number of benzene rings is 2. The minimum absolute atomic E-state index is 0.161. The molecule has 2 aromatic carbocycles. The van der Waals surface area contributed by atoms with Gasteiger partial charge in [-0.3, -0.25) is 13.9 Å². The third-order valence-electron chi connectivity index (χ3n) is 5.21. The third-order valence-corrected chi connectivity index (χ3v) is 6.35. The van der Waals surface area contributed by atoms with Gasteiger partial charge in [0.15, 0.2) is 11.6 Å². The number of carbonyl (C=O) groups excluding carboxylic acids is 2. The molecular formula is C24H31F2N3O4S. The zero-order valence-corrected chi connectivity index (χ0v) is 20.6. The van der Waals surface area contributed by atoms with E-state index in [-0.39, 0.29) is 24.1 Å². The Balaban J connectivity index is 2.31. The molecule has 0 radical (unpaired) electrons. The molecule has 34 heavy (non-hydrogen) atoms. The second-order valence-electron chi connectivity index (χ2n) is 8.51. The fourth-order valence-corrected chi connectivity index (χ4v) is 4.12. The highest BCUT2D eigenvalue weighted by atomic mass is 32.2. The predicted octanol–water partition coefficient (Wildman–Crippen LogP) is 2.96. The van der Waals surface area contributed by atoms with Crippen LogP contribution in [0.2, 0.25) is 0 Å². The van der Waals surface area contributed by atoms with Gasteiger partial charge in [0, 0.05) is 19.2 Å². The number of carbonyl (C=O) groups is 2. The number of nitrogens with zero attached hydrogens (tertiary/aromatic N) is 2. The first-order valence-corrected chi connectivity index (χ1v) is 12.8. The molecule has 0 unspecified atom stereocenters. The van der Waals surface area contributed by atoms with E-state index in [2.05, 4.69) is 5.32 Å². The van der Waals surface area contributed by atoms with Crippen molar-refractivity contribution in [3.8, 4) is 0 Å². The molecule has 1 atom stereocenters. The van der Waals surface area contributed by atoms with Gasteiger partial charge >= 0.3 is 0 Å². The van der Waals surface area contributed by atoms with E-state index >= 15 is 0 Å². The maximum atomic E-state index is 13.8. The monoisotopic (exact) mass is 495 g/mol. The van der Waals surface area contributed by atoms with Crippen molar-refractivity contribution >= 4 is 27.5 Å². The Morgan fingerprint density at radius 3 is 2.21 bits per heavy atom. The smallest absolute Gasteiger partial charge is 0.244 e. The van der Waals surface area contributed by atoms with Crippen molar-refractivity contribution < 1.29 is 26.8 Å². The molecule has 2 amide bonds. The minimum atomic E-state index is -4.01. The topological polar surface area (TPSA) is 86.8 Å². The molecule has 2 aromatic rings. The summed E-state index contributed by atoms with van der Waals surface area (Å²) in [7, 11) is -4.01. The van der Waals surface area contributed by atoms with Gasteiger partial charge < -0.3 is 10.2 Å². The zero-order chi connectivity index (χ0) is 25.5. The van der Waals surface area contributed by atoms with Crippen molar-refractivity contribution in [1.29, 1.82) is 0 Å². The van der Waals surface area contributed by atoms with E-state index in [1.165, 1.54) is 4.90 Å². The van der Waals surface area contributed by atoms with Gasteiger partial charge in [0.2, 0.25) is 21.8 Å². The zero-order valence-electron chi connectivity index (χ0n) is 19.8. The van der Waals surface area contributed by atoms with E-state index in [0.29, 0.717) is 17.3 Å². The van der Waals surface area contributed by atoms with Gasteiger partial charge in [0.05, 0.1) is 11.9 Å². The Morgan fingerprint density at radius 2 is 1.65 bits per heavy atom. The van der Waals surface area contributed by atoms with Gasteiger partial charge in [0.25, 0.3) is 0 Å². The number of amides is 2. The van der Waals surface area contributed by atoms with Gasteiger partial charge in [-0.1, -0.05) is 44.2 Å². The lowest BCUT2D eigenvalue weighted by atomic mass is 10.1. The second-order valence-corrected chi connectivity index (χ2v) is 10.4. The summed E-state index contributed by atoms with van der Waals surface area (Å²) in [6, 6.07) is 11.1. The van der Waals surface area contributed by atoms with Crippen molar-refractivity contribution in [3.05, 3.63) is 65.7 Å². The van der Waals surface area contributed by atoms with Crippen LogP contribution in [0, 0.1) is 17.6 Å². The molecular weight excluding hydrogens is 464 g/mol. The van der Waals surface area contributed by atoms with Crippen LogP contribution in [0.3, 0.4) is 0 Å². The summed E-state index contributed by atoms with van der Waals surface area (Å²) < 4.78 is 52.7. The Hall–Kier alpha value is -3.01. The summed E-state index contributed by atoms with van der Waals surface area (Å²) in [5.41, 5.74) is 0.755. The first kappa shape index (κ1) is 27.2. The van der Waals surface area contributed by atoms with Crippen LogP contribution in [0.25, 0.3) is 0 Å². The van der Waals surface area contributed by atoms with E-state index in [4.69, 9.17) is 0 Å². The van der Waals surface area contributed by atoms with Gasteiger partial charge in [0.1, 0.15) is 12.6 Å². The van der Waals surface area contributed by atoms with E-state index in [1.807, 2.05) is 44.2 Å². The molecule has 0 spiro atoms. The molecule has 0 saturated heterocycles. The first-order valence-electron chi connectivity index (χ1n) is 10.9. The van der Waals surface area contributed by atoms with E-state index in [0.717, 1.165) is 30.0 Å². The third kappa shape index (κ3) is 7.79. The molecule has 0 aromatic heterocycles. The molecule has 0 bridgehead atoms. The molecule has 1 N–H and O–H groups in total. The summed E-state index contributed by atoms with van der Waals surface area (Å²) in [6.45, 7) is 5.37. The number of halogens is 2. The molecule has 0 aliphatic carbocycles. The standard InChI is InChI=1S/C24H31F2N3O4S/c1-17(2)15-27-24(31)18(3)28(13-12-19-8-6-5-7-9-19)23(30)16-29(34(4,32)33)20-10-11-21(25)22(26)14-20/h5-11,14,17-18H,12-13,15-16H2,1-4H3,(H,27,31)/t18-/m1/s1. The Morgan fingerprint density at radius 1 is 1.00 bits per heavy atom. The molecule has 0 aliphatic heterocycles. The molecule has 186 valence electrons. The van der Waals surface area contributed by atoms with Crippen LogP contribution in [-0.2, 0) is 26.0 Å². The molecule has 7 nitrogen and oxygen atoms in total. The lowest BCUT2D eigenvalue weighted by Gasteiger charge is -2.31. The number of nitrogens with one attached hydrogen (secondary N) is 1. The van der Waals surface area contributed by atoms with Gasteiger partial charge in [-0.05, 0) is 37.0 Å². The first-order chi connectivity index (χ1) is 15.9. The summed E-state index contributed by atoms with van der Waals surface area (Å²) in [5, 5.41) is 2.79. The van der Waals surface area contributed by atoms with Gasteiger partial charge in [-0.25, -0.2) is 17.2 Å². The lowest BCUT2D eigenvalue weighted by molar-refractivity contribution is -0.138.